The zero-order valence-corrected chi connectivity index (χ0v) is 10.3. The Bertz CT molecular complexity index is 148. The zero-order chi connectivity index (χ0) is 5.28. The summed E-state index contributed by atoms with van der Waals surface area (Å²) in [6.45, 7) is 0. The van der Waals surface area contributed by atoms with Crippen LogP contribution < -0.4 is 3.47 Å². The van der Waals surface area contributed by atoms with E-state index in [2.05, 4.69) is 6.07 Å². The van der Waals surface area contributed by atoms with Gasteiger partial charge in [-0.25, -0.2) is 0 Å². The molecule has 0 spiro atoms. The van der Waals surface area contributed by atoms with E-state index in [1.54, 1.807) is 11.3 Å². The number of rotatable bonds is 0. The first kappa shape index (κ1) is 9.09. The van der Waals surface area contributed by atoms with E-state index >= 15 is 0 Å². The van der Waals surface area contributed by atoms with Crippen molar-refractivity contribution in [1.82, 2.24) is 0 Å². The molecule has 0 bridgehead atoms. The van der Waals surface area contributed by atoms with Crippen LogP contribution in [-0.4, -0.2) is 0 Å². The Balaban J connectivity index is 0.000000490. The van der Waals surface area contributed by atoms with Crippen molar-refractivity contribution in [1.29, 1.82) is 0 Å². The average molecular weight is 264 g/mol. The van der Waals surface area contributed by atoms with Crippen LogP contribution in [0.25, 0.3) is 0 Å². The molecule has 0 unspecified atom stereocenters. The molecule has 41 valence electrons. The van der Waals surface area contributed by atoms with Crippen molar-refractivity contribution >= 4 is 43.4 Å². The molecule has 1 rings (SSSR count). The monoisotopic (exact) mass is 261 g/mol. The van der Waals surface area contributed by atoms with Crippen LogP contribution in [0, 0.1) is 0 Å². The SMILES string of the molecule is Br.Clc1cc[c]([Zn])s1. The third kappa shape index (κ3) is 2.59. The minimum atomic E-state index is 0. The Kier molecular flexibility index (Phi) is 4.54. The van der Waals surface area contributed by atoms with Crippen molar-refractivity contribution in [2.45, 2.75) is 0 Å². The molecule has 0 amide bonds. The van der Waals surface area contributed by atoms with Gasteiger partial charge >= 0.3 is 61.2 Å². The Morgan fingerprint density at radius 2 is 2.12 bits per heavy atom. The molecule has 1 aromatic rings. The maximum absolute atomic E-state index is 5.60. The van der Waals surface area contributed by atoms with Gasteiger partial charge in [0.1, 0.15) is 0 Å². The molecule has 0 radical (unpaired) electrons. The number of hydrogen-bond donors (Lipinski definition) is 0. The van der Waals surface area contributed by atoms with E-state index in [0.29, 0.717) is 0 Å². The average Bonchev–Trinajstić information content (AvgIpc) is 1.87. The Morgan fingerprint density at radius 1 is 1.50 bits per heavy atom. The molecular formula is C4H3BrClSZn. The standard InChI is InChI=1S/C4H2ClS.BrH.Zn/c5-4-2-1-3-6-4;;/h1-2H;1H;. The van der Waals surface area contributed by atoms with Crippen molar-refractivity contribution < 1.29 is 18.3 Å². The van der Waals surface area contributed by atoms with Gasteiger partial charge in [0.2, 0.25) is 0 Å². The normalized spacial score (nSPS) is 8.38. The summed E-state index contributed by atoms with van der Waals surface area (Å²) in [5.74, 6) is 0. The summed E-state index contributed by atoms with van der Waals surface area (Å²) in [6, 6.07) is 4.00. The van der Waals surface area contributed by atoms with Crippen LogP contribution in [-0.2, 0) is 18.3 Å². The van der Waals surface area contributed by atoms with Crippen LogP contribution in [0.5, 0.6) is 0 Å². The molecule has 0 saturated carbocycles. The molecule has 0 aromatic carbocycles. The fourth-order valence-electron chi connectivity index (χ4n) is 0.352. The number of halogens is 2. The van der Waals surface area contributed by atoms with Crippen molar-refractivity contribution in [2.75, 3.05) is 0 Å². The summed E-state index contributed by atoms with van der Waals surface area (Å²) >= 11 is 8.48. The molecular weight excluding hydrogens is 261 g/mol. The van der Waals surface area contributed by atoms with Crippen molar-refractivity contribution in [3.05, 3.63) is 16.5 Å². The Labute approximate surface area is 77.7 Å². The van der Waals surface area contributed by atoms with Gasteiger partial charge in [-0.05, 0) is 0 Å². The van der Waals surface area contributed by atoms with Crippen LogP contribution in [0.3, 0.4) is 0 Å². The first-order chi connectivity index (χ1) is 3.29. The molecule has 1 aromatic heterocycles. The molecule has 0 atom stereocenters. The van der Waals surface area contributed by atoms with E-state index in [0.717, 1.165) is 4.34 Å². The van der Waals surface area contributed by atoms with Crippen LogP contribution in [0.2, 0.25) is 4.34 Å². The van der Waals surface area contributed by atoms with Gasteiger partial charge in [-0.15, -0.1) is 17.0 Å². The van der Waals surface area contributed by atoms with Gasteiger partial charge in [-0.3, -0.25) is 0 Å². The van der Waals surface area contributed by atoms with Gasteiger partial charge in [0.15, 0.2) is 0 Å². The maximum atomic E-state index is 5.60. The Morgan fingerprint density at radius 3 is 2.25 bits per heavy atom. The predicted octanol–water partition coefficient (Wildman–Crippen LogP) is 2.15. The first-order valence-corrected chi connectivity index (χ1v) is 4.54. The second-order valence-electron chi connectivity index (χ2n) is 1.21. The topological polar surface area (TPSA) is 0 Å². The fourth-order valence-corrected chi connectivity index (χ4v) is 3.04. The first-order valence-electron chi connectivity index (χ1n) is 1.86. The van der Waals surface area contributed by atoms with Crippen molar-refractivity contribution in [2.24, 2.45) is 0 Å². The third-order valence-electron chi connectivity index (χ3n) is 0.629. The quantitative estimate of drug-likeness (QED) is 0.630. The van der Waals surface area contributed by atoms with E-state index in [-0.39, 0.29) is 17.0 Å². The molecule has 0 nitrogen and oxygen atoms in total. The minimum absolute atomic E-state index is 0. The molecule has 1 heterocycles. The predicted molar refractivity (Wildman–Crippen MR) is 39.3 cm³/mol. The van der Waals surface area contributed by atoms with Gasteiger partial charge in [0.25, 0.3) is 0 Å². The van der Waals surface area contributed by atoms with E-state index in [4.69, 9.17) is 11.6 Å². The summed E-state index contributed by atoms with van der Waals surface area (Å²) in [5, 5.41) is 0. The Hall–Kier alpha value is 1.09. The summed E-state index contributed by atoms with van der Waals surface area (Å²) < 4.78 is 2.30. The van der Waals surface area contributed by atoms with Crippen LogP contribution in [0.15, 0.2) is 12.1 Å². The van der Waals surface area contributed by atoms with E-state index in [1.165, 1.54) is 21.8 Å². The summed E-state index contributed by atoms with van der Waals surface area (Å²) in [6.07, 6.45) is 0. The number of hydrogen-bond acceptors (Lipinski definition) is 1. The molecule has 4 heteroatoms. The second-order valence-corrected chi connectivity index (χ2v) is 5.68. The van der Waals surface area contributed by atoms with E-state index in [9.17, 15) is 0 Å². The molecule has 0 aliphatic rings. The van der Waals surface area contributed by atoms with Crippen LogP contribution in [0.4, 0.5) is 0 Å². The molecule has 8 heavy (non-hydrogen) atoms. The fraction of sp³-hybridized carbons (Fsp3) is 0. The second kappa shape index (κ2) is 4.00. The van der Waals surface area contributed by atoms with Crippen LogP contribution in [0.1, 0.15) is 0 Å². The third-order valence-corrected chi connectivity index (χ3v) is 3.12. The van der Waals surface area contributed by atoms with Gasteiger partial charge < -0.3 is 0 Å². The summed E-state index contributed by atoms with van der Waals surface area (Å²) in [4.78, 5) is 0. The van der Waals surface area contributed by atoms with E-state index in [1.807, 2.05) is 6.07 Å². The van der Waals surface area contributed by atoms with Crippen LogP contribution >= 0.6 is 39.9 Å². The van der Waals surface area contributed by atoms with Gasteiger partial charge in [-0.1, -0.05) is 0 Å². The summed E-state index contributed by atoms with van der Waals surface area (Å²) in [7, 11) is 0. The van der Waals surface area contributed by atoms with Crippen molar-refractivity contribution in [3.63, 3.8) is 0 Å². The molecule has 0 aliphatic heterocycles. The number of thiophene rings is 1. The van der Waals surface area contributed by atoms with E-state index < -0.39 is 0 Å². The molecule has 0 aliphatic carbocycles. The molecule has 0 N–H and O–H groups in total. The molecule has 0 fully saturated rings. The van der Waals surface area contributed by atoms with Crippen molar-refractivity contribution in [3.8, 4) is 0 Å². The summed E-state index contributed by atoms with van der Waals surface area (Å²) in [5.41, 5.74) is 0. The zero-order valence-electron chi connectivity index (χ0n) is 4.06. The van der Waals surface area contributed by atoms with Gasteiger partial charge in [0.05, 0.1) is 0 Å². The van der Waals surface area contributed by atoms with Gasteiger partial charge in [0, 0.05) is 0 Å². The molecule has 0 saturated heterocycles. The van der Waals surface area contributed by atoms with Gasteiger partial charge in [-0.2, -0.15) is 0 Å².